The highest BCUT2D eigenvalue weighted by molar-refractivity contribution is 9.10. The quantitative estimate of drug-likeness (QED) is 0.236. The van der Waals surface area contributed by atoms with Gasteiger partial charge in [-0.25, -0.2) is 0 Å². The van der Waals surface area contributed by atoms with Gasteiger partial charge in [0.25, 0.3) is 5.56 Å². The molecule has 0 saturated heterocycles. The monoisotopic (exact) mass is 429 g/mol. The van der Waals surface area contributed by atoms with Gasteiger partial charge < -0.3 is 4.42 Å². The van der Waals surface area contributed by atoms with Crippen LogP contribution < -0.4 is 5.56 Å². The van der Waals surface area contributed by atoms with Crippen LogP contribution in [0.4, 0.5) is 0 Å². The Kier molecular flexibility index (Phi) is 3.78. The van der Waals surface area contributed by atoms with Crippen molar-refractivity contribution < 1.29 is 4.42 Å². The van der Waals surface area contributed by atoms with Crippen molar-refractivity contribution in [2.45, 2.75) is 6.92 Å². The molecule has 0 spiro atoms. The summed E-state index contributed by atoms with van der Waals surface area (Å²) in [5, 5.41) is 4.65. The van der Waals surface area contributed by atoms with Gasteiger partial charge in [-0.1, -0.05) is 67.3 Å². The van der Waals surface area contributed by atoms with E-state index in [1.165, 1.54) is 0 Å². The third-order valence-corrected chi connectivity index (χ3v) is 5.79. The summed E-state index contributed by atoms with van der Waals surface area (Å²) in [5.41, 5.74) is 2.57. The third kappa shape index (κ3) is 2.12. The fourth-order valence-electron chi connectivity index (χ4n) is 4.06. The summed E-state index contributed by atoms with van der Waals surface area (Å²) in [5.74, 6) is 0.664. The summed E-state index contributed by atoms with van der Waals surface area (Å²) < 4.78 is 8.53. The number of para-hydroxylation sites is 1. The molecule has 5 rings (SSSR count). The molecule has 3 heterocycles. The second-order valence-electron chi connectivity index (χ2n) is 6.66. The Morgan fingerprint density at radius 1 is 1.04 bits per heavy atom. The van der Waals surface area contributed by atoms with Crippen molar-refractivity contribution in [3.05, 3.63) is 94.1 Å². The summed E-state index contributed by atoms with van der Waals surface area (Å²) in [4.78, 5) is 13.5. The van der Waals surface area contributed by atoms with Gasteiger partial charge in [-0.05, 0) is 34.3 Å². The Balaban J connectivity index is 2.10. The Hall–Kier alpha value is -3.11. The van der Waals surface area contributed by atoms with E-state index < -0.39 is 0 Å². The van der Waals surface area contributed by atoms with E-state index in [-0.39, 0.29) is 5.56 Å². The summed E-state index contributed by atoms with van der Waals surface area (Å²) in [6.45, 7) is 5.69. The van der Waals surface area contributed by atoms with Crippen LogP contribution in [-0.4, -0.2) is 4.40 Å². The number of hydrogen-bond acceptors (Lipinski definition) is 2. The van der Waals surface area contributed by atoms with Gasteiger partial charge in [-0.15, -0.1) is 0 Å². The number of hydrogen-bond donors (Lipinski definition) is 0. The standard InChI is InChI=1S/C24H16BrNO2/c1-3-5-9-14(4-2)22-21-19(23(25)28-22)18-13-8-12-16-15-10-6-7-11-17(15)24(27)26(21)20(16)18/h3-13H,1H2,2H3/b9-5-,14-4+. The van der Waals surface area contributed by atoms with E-state index >= 15 is 0 Å². The van der Waals surface area contributed by atoms with Gasteiger partial charge in [0, 0.05) is 21.7 Å². The minimum Gasteiger partial charge on any atom is -0.446 e. The van der Waals surface area contributed by atoms with Gasteiger partial charge in [0.1, 0.15) is 5.52 Å². The highest BCUT2D eigenvalue weighted by Crippen LogP contribution is 2.42. The van der Waals surface area contributed by atoms with Crippen LogP contribution in [0.2, 0.25) is 0 Å². The molecule has 5 aromatic rings. The number of pyridine rings is 1. The van der Waals surface area contributed by atoms with E-state index in [2.05, 4.69) is 28.6 Å². The van der Waals surface area contributed by atoms with Crippen LogP contribution in [0.3, 0.4) is 0 Å². The van der Waals surface area contributed by atoms with Gasteiger partial charge >= 0.3 is 0 Å². The normalized spacial score (nSPS) is 13.0. The second-order valence-corrected chi connectivity index (χ2v) is 7.38. The van der Waals surface area contributed by atoms with Crippen LogP contribution >= 0.6 is 15.9 Å². The van der Waals surface area contributed by atoms with Gasteiger partial charge in [0.15, 0.2) is 10.4 Å². The molecular formula is C24H16BrNO2. The zero-order valence-electron chi connectivity index (χ0n) is 15.2. The third-order valence-electron chi connectivity index (χ3n) is 5.23. The maximum Gasteiger partial charge on any atom is 0.263 e. The summed E-state index contributed by atoms with van der Waals surface area (Å²) in [7, 11) is 0. The van der Waals surface area contributed by atoms with E-state index in [1.54, 1.807) is 10.5 Å². The molecule has 0 amide bonds. The van der Waals surface area contributed by atoms with Crippen molar-refractivity contribution in [3.63, 3.8) is 0 Å². The average Bonchev–Trinajstić information content (AvgIpc) is 3.24. The zero-order chi connectivity index (χ0) is 19.4. The molecular weight excluding hydrogens is 414 g/mol. The molecule has 136 valence electrons. The van der Waals surface area contributed by atoms with E-state index in [4.69, 9.17) is 4.42 Å². The minimum atomic E-state index is -0.0352. The first-order valence-corrected chi connectivity index (χ1v) is 9.82. The van der Waals surface area contributed by atoms with E-state index in [0.717, 1.165) is 38.2 Å². The lowest BCUT2D eigenvalue weighted by atomic mass is 10.0. The van der Waals surface area contributed by atoms with Crippen LogP contribution in [-0.2, 0) is 0 Å². The fourth-order valence-corrected chi connectivity index (χ4v) is 4.62. The van der Waals surface area contributed by atoms with E-state index in [1.807, 2.05) is 61.5 Å². The minimum absolute atomic E-state index is 0.0352. The number of furan rings is 1. The second kappa shape index (κ2) is 6.21. The lowest BCUT2D eigenvalue weighted by molar-refractivity contribution is 0.533. The lowest BCUT2D eigenvalue weighted by Gasteiger charge is -2.07. The largest absolute Gasteiger partial charge is 0.446 e. The molecule has 0 atom stereocenters. The molecule has 0 radical (unpaired) electrons. The summed E-state index contributed by atoms with van der Waals surface area (Å²) in [6.07, 6.45) is 7.48. The highest BCUT2D eigenvalue weighted by Gasteiger charge is 2.24. The zero-order valence-corrected chi connectivity index (χ0v) is 16.8. The van der Waals surface area contributed by atoms with Gasteiger partial charge in [0.05, 0.1) is 10.9 Å². The molecule has 0 aliphatic rings. The van der Waals surface area contributed by atoms with E-state index in [0.29, 0.717) is 15.8 Å². The Labute approximate surface area is 169 Å². The van der Waals surface area contributed by atoms with Crippen molar-refractivity contribution in [3.8, 4) is 0 Å². The maximum atomic E-state index is 13.5. The predicted molar refractivity (Wildman–Crippen MR) is 120 cm³/mol. The van der Waals surface area contributed by atoms with Crippen molar-refractivity contribution >= 4 is 59.5 Å². The topological polar surface area (TPSA) is 34.6 Å². The molecule has 0 aliphatic heterocycles. The van der Waals surface area contributed by atoms with E-state index in [9.17, 15) is 4.79 Å². The number of benzene rings is 2. The highest BCUT2D eigenvalue weighted by atomic mass is 79.9. The number of nitrogens with zero attached hydrogens (tertiary/aromatic N) is 1. The average molecular weight is 430 g/mol. The molecule has 4 heteroatoms. The number of rotatable bonds is 3. The first-order valence-electron chi connectivity index (χ1n) is 9.02. The predicted octanol–water partition coefficient (Wildman–Crippen LogP) is 6.70. The summed E-state index contributed by atoms with van der Waals surface area (Å²) in [6, 6.07) is 13.9. The van der Waals surface area contributed by atoms with Crippen LogP contribution in [0.25, 0.3) is 43.5 Å². The molecule has 0 fully saturated rings. The first kappa shape index (κ1) is 17.0. The first-order chi connectivity index (χ1) is 13.7. The van der Waals surface area contributed by atoms with Gasteiger partial charge in [-0.2, -0.15) is 0 Å². The molecule has 0 saturated carbocycles. The van der Waals surface area contributed by atoms with Crippen LogP contribution in [0.1, 0.15) is 12.7 Å². The number of halogens is 1. The molecule has 0 N–H and O–H groups in total. The SMILES string of the molecule is C=C/C=C\C(=C/C)c1oc(Br)c2c3cccc4c5ccccc5c(=O)n(c12)c43. The van der Waals surface area contributed by atoms with Crippen molar-refractivity contribution in [2.75, 3.05) is 0 Å². The number of fused-ring (bicyclic) bond motifs is 5. The smallest absolute Gasteiger partial charge is 0.263 e. The van der Waals surface area contributed by atoms with Gasteiger partial charge in [-0.3, -0.25) is 9.20 Å². The molecule has 3 nitrogen and oxygen atoms in total. The molecule has 3 aromatic heterocycles. The Morgan fingerprint density at radius 2 is 1.75 bits per heavy atom. The maximum absolute atomic E-state index is 13.5. The molecule has 28 heavy (non-hydrogen) atoms. The van der Waals surface area contributed by atoms with Crippen LogP contribution in [0.5, 0.6) is 0 Å². The van der Waals surface area contributed by atoms with Crippen molar-refractivity contribution in [2.24, 2.45) is 0 Å². The summed E-state index contributed by atoms with van der Waals surface area (Å²) >= 11 is 3.58. The molecule has 0 aliphatic carbocycles. The van der Waals surface area contributed by atoms with Crippen molar-refractivity contribution in [1.82, 2.24) is 4.40 Å². The van der Waals surface area contributed by atoms with Gasteiger partial charge in [0.2, 0.25) is 0 Å². The molecule has 0 unspecified atom stereocenters. The lowest BCUT2D eigenvalue weighted by Crippen LogP contribution is -2.13. The number of allylic oxidation sites excluding steroid dienone is 5. The molecule has 2 aromatic carbocycles. The Morgan fingerprint density at radius 3 is 2.50 bits per heavy atom. The fraction of sp³-hybridized carbons (Fsp3) is 0.0417. The van der Waals surface area contributed by atoms with Crippen LogP contribution in [0.15, 0.2) is 87.2 Å². The Bertz CT molecular complexity index is 1510. The van der Waals surface area contributed by atoms with Crippen molar-refractivity contribution in [1.29, 1.82) is 0 Å². The van der Waals surface area contributed by atoms with Crippen LogP contribution in [0, 0.1) is 0 Å². The number of aromatic nitrogens is 1. The molecule has 0 bridgehead atoms.